The molecule has 0 unspecified atom stereocenters. The van der Waals surface area contributed by atoms with E-state index >= 15 is 0 Å². The minimum Gasteiger partial charge on any atom is -0.478 e. The van der Waals surface area contributed by atoms with Crippen LogP contribution in [0.1, 0.15) is 15.9 Å². The predicted molar refractivity (Wildman–Crippen MR) is 68.1 cm³/mol. The minimum absolute atomic E-state index is 0.139. The Morgan fingerprint density at radius 2 is 1.80 bits per heavy atom. The summed E-state index contributed by atoms with van der Waals surface area (Å²) in [5.41, 5.74) is -1.62. The van der Waals surface area contributed by atoms with Crippen LogP contribution in [-0.4, -0.2) is 49.2 Å². The largest absolute Gasteiger partial charge is 0.478 e. The van der Waals surface area contributed by atoms with Crippen molar-refractivity contribution in [2.45, 2.75) is 6.18 Å². The minimum atomic E-state index is -4.67. The van der Waals surface area contributed by atoms with Crippen molar-refractivity contribution in [1.82, 2.24) is 4.90 Å². The van der Waals surface area contributed by atoms with E-state index < -0.39 is 23.3 Å². The molecule has 20 heavy (non-hydrogen) atoms. The highest BCUT2D eigenvalue weighted by Gasteiger charge is 2.37. The quantitative estimate of drug-likeness (QED) is 0.905. The Morgan fingerprint density at radius 3 is 2.30 bits per heavy atom. The molecule has 0 bridgehead atoms. The summed E-state index contributed by atoms with van der Waals surface area (Å²) in [6.07, 6.45) is -4.67. The first-order valence-corrected chi connectivity index (χ1v) is 6.17. The van der Waals surface area contributed by atoms with Crippen molar-refractivity contribution in [3.8, 4) is 0 Å². The van der Waals surface area contributed by atoms with E-state index in [1.54, 1.807) is 4.90 Å². The zero-order chi connectivity index (χ0) is 14.9. The van der Waals surface area contributed by atoms with Gasteiger partial charge < -0.3 is 14.9 Å². The maximum Gasteiger partial charge on any atom is 0.417 e. The van der Waals surface area contributed by atoms with Gasteiger partial charge >= 0.3 is 12.1 Å². The Hall–Kier alpha value is -1.76. The molecular formula is C13H15F3N2O2. The number of carbonyl (C=O) groups is 1. The molecule has 1 N–H and O–H groups in total. The van der Waals surface area contributed by atoms with Gasteiger partial charge in [-0.3, -0.25) is 0 Å². The Bertz CT molecular complexity index is 509. The van der Waals surface area contributed by atoms with E-state index in [1.165, 1.54) is 12.1 Å². The maximum absolute atomic E-state index is 12.9. The van der Waals surface area contributed by atoms with E-state index in [9.17, 15) is 18.0 Å². The molecule has 0 saturated carbocycles. The third kappa shape index (κ3) is 2.87. The molecule has 1 aromatic rings. The van der Waals surface area contributed by atoms with Crippen molar-refractivity contribution in [3.63, 3.8) is 0 Å². The molecule has 7 heteroatoms. The molecule has 0 aromatic heterocycles. The lowest BCUT2D eigenvalue weighted by atomic mass is 10.0. The number of hydrogen-bond acceptors (Lipinski definition) is 3. The first-order valence-electron chi connectivity index (χ1n) is 6.17. The molecular weight excluding hydrogens is 273 g/mol. The lowest BCUT2D eigenvalue weighted by Gasteiger charge is -2.35. The first-order chi connectivity index (χ1) is 9.30. The van der Waals surface area contributed by atoms with Crippen LogP contribution in [0.4, 0.5) is 18.9 Å². The summed E-state index contributed by atoms with van der Waals surface area (Å²) in [6.45, 7) is 2.40. The molecule has 4 nitrogen and oxygen atoms in total. The Kier molecular flexibility index (Phi) is 3.89. The second-order valence-corrected chi connectivity index (χ2v) is 4.79. The lowest BCUT2D eigenvalue weighted by molar-refractivity contribution is -0.138. The molecule has 1 aromatic carbocycles. The number of hydrogen-bond donors (Lipinski definition) is 1. The zero-order valence-electron chi connectivity index (χ0n) is 10.9. The van der Waals surface area contributed by atoms with E-state index in [2.05, 4.69) is 0 Å². The molecule has 110 valence electrons. The van der Waals surface area contributed by atoms with E-state index in [4.69, 9.17) is 5.11 Å². The summed E-state index contributed by atoms with van der Waals surface area (Å²) in [5, 5.41) is 9.16. The molecule has 0 amide bonds. The van der Waals surface area contributed by atoms with Crippen LogP contribution in [-0.2, 0) is 6.18 Å². The van der Waals surface area contributed by atoms with Crippen LogP contribution in [0.3, 0.4) is 0 Å². The van der Waals surface area contributed by atoms with Gasteiger partial charge in [-0.1, -0.05) is 6.07 Å². The summed E-state index contributed by atoms with van der Waals surface area (Å²) < 4.78 is 38.8. The molecule has 1 aliphatic rings. The Labute approximate surface area is 114 Å². The number of halogens is 3. The van der Waals surface area contributed by atoms with Crippen LogP contribution < -0.4 is 4.90 Å². The second-order valence-electron chi connectivity index (χ2n) is 4.79. The van der Waals surface area contributed by atoms with Crippen molar-refractivity contribution >= 4 is 11.7 Å². The van der Waals surface area contributed by atoms with Gasteiger partial charge in [-0.05, 0) is 19.2 Å². The van der Waals surface area contributed by atoms with E-state index in [0.717, 1.165) is 6.07 Å². The van der Waals surface area contributed by atoms with Gasteiger partial charge in [0.2, 0.25) is 0 Å². The summed E-state index contributed by atoms with van der Waals surface area (Å²) >= 11 is 0. The smallest absolute Gasteiger partial charge is 0.417 e. The highest BCUT2D eigenvalue weighted by molar-refractivity contribution is 5.96. The maximum atomic E-state index is 12.9. The summed E-state index contributed by atoms with van der Waals surface area (Å²) in [5.74, 6) is -1.55. The number of rotatable bonds is 2. The molecule has 2 rings (SSSR count). The average Bonchev–Trinajstić information content (AvgIpc) is 2.37. The molecule has 0 atom stereocenters. The number of aromatic carboxylic acids is 1. The van der Waals surface area contributed by atoms with Crippen LogP contribution in [0.15, 0.2) is 18.2 Å². The van der Waals surface area contributed by atoms with Crippen molar-refractivity contribution < 1.29 is 23.1 Å². The lowest BCUT2D eigenvalue weighted by Crippen LogP contribution is -2.45. The second kappa shape index (κ2) is 5.32. The van der Waals surface area contributed by atoms with Crippen molar-refractivity contribution in [3.05, 3.63) is 29.3 Å². The fourth-order valence-electron chi connectivity index (χ4n) is 2.31. The monoisotopic (exact) mass is 288 g/mol. The number of nitrogens with zero attached hydrogens (tertiary/aromatic N) is 2. The normalized spacial score (nSPS) is 17.3. The Balaban J connectivity index is 2.45. The molecule has 0 radical (unpaired) electrons. The van der Waals surface area contributed by atoms with E-state index in [0.29, 0.717) is 26.2 Å². The summed E-state index contributed by atoms with van der Waals surface area (Å²) in [4.78, 5) is 15.0. The van der Waals surface area contributed by atoms with Crippen LogP contribution >= 0.6 is 0 Å². The molecule has 1 aliphatic heterocycles. The first kappa shape index (κ1) is 14.6. The van der Waals surface area contributed by atoms with Gasteiger partial charge in [0, 0.05) is 26.2 Å². The zero-order valence-corrected chi connectivity index (χ0v) is 10.9. The topological polar surface area (TPSA) is 43.8 Å². The summed E-state index contributed by atoms with van der Waals surface area (Å²) in [7, 11) is 1.92. The third-order valence-corrected chi connectivity index (χ3v) is 3.41. The standard InChI is InChI=1S/C13H15F3N2O2/c1-17-5-7-18(8-6-17)10-4-2-3-9(13(14,15)16)11(10)12(19)20/h2-4H,5-8H2,1H3,(H,19,20). The summed E-state index contributed by atoms with van der Waals surface area (Å²) in [6, 6.07) is 3.50. The van der Waals surface area contributed by atoms with Crippen molar-refractivity contribution in [2.75, 3.05) is 38.1 Å². The highest BCUT2D eigenvalue weighted by Crippen LogP contribution is 2.36. The van der Waals surface area contributed by atoms with Gasteiger partial charge in [-0.25, -0.2) is 4.79 Å². The third-order valence-electron chi connectivity index (χ3n) is 3.41. The van der Waals surface area contributed by atoms with Crippen LogP contribution in [0.5, 0.6) is 0 Å². The Morgan fingerprint density at radius 1 is 1.20 bits per heavy atom. The fourth-order valence-corrected chi connectivity index (χ4v) is 2.31. The van der Waals surface area contributed by atoms with Gasteiger partial charge in [0.05, 0.1) is 16.8 Å². The van der Waals surface area contributed by atoms with Gasteiger partial charge in [0.15, 0.2) is 0 Å². The average molecular weight is 288 g/mol. The number of piperazine rings is 1. The molecule has 1 fully saturated rings. The number of carboxylic acids is 1. The van der Waals surface area contributed by atoms with Gasteiger partial charge in [0.25, 0.3) is 0 Å². The fraction of sp³-hybridized carbons (Fsp3) is 0.462. The van der Waals surface area contributed by atoms with Crippen LogP contribution in [0.2, 0.25) is 0 Å². The number of alkyl halides is 3. The molecule has 1 heterocycles. The molecule has 0 aliphatic carbocycles. The van der Waals surface area contributed by atoms with E-state index in [1.807, 2.05) is 11.9 Å². The predicted octanol–water partition coefficient (Wildman–Crippen LogP) is 2.16. The number of likely N-dealkylation sites (N-methyl/N-ethyl adjacent to an activating group) is 1. The highest BCUT2D eigenvalue weighted by atomic mass is 19.4. The van der Waals surface area contributed by atoms with Gasteiger partial charge in [-0.2, -0.15) is 13.2 Å². The van der Waals surface area contributed by atoms with Crippen molar-refractivity contribution in [1.29, 1.82) is 0 Å². The SMILES string of the molecule is CN1CCN(c2cccc(C(F)(F)F)c2C(=O)O)CC1. The number of anilines is 1. The van der Waals surface area contributed by atoms with Crippen LogP contribution in [0.25, 0.3) is 0 Å². The number of benzene rings is 1. The van der Waals surface area contributed by atoms with Gasteiger partial charge in [0.1, 0.15) is 0 Å². The molecule has 1 saturated heterocycles. The molecule has 0 spiro atoms. The van der Waals surface area contributed by atoms with Gasteiger partial charge in [-0.15, -0.1) is 0 Å². The van der Waals surface area contributed by atoms with E-state index in [-0.39, 0.29) is 5.69 Å². The van der Waals surface area contributed by atoms with Crippen molar-refractivity contribution in [2.24, 2.45) is 0 Å². The van der Waals surface area contributed by atoms with Crippen LogP contribution in [0, 0.1) is 0 Å². The number of carboxylic acid groups (broad SMARTS) is 1.